The third-order valence-corrected chi connectivity index (χ3v) is 5.50. The molecule has 0 aliphatic heterocycles. The number of carbonyl (C=O) groups is 4. The first-order chi connectivity index (χ1) is 16.8. The molecule has 0 spiro atoms. The predicted octanol–water partition coefficient (Wildman–Crippen LogP) is -1.26. The number of unbranched alkanes of at least 4 members (excludes halogenated alkanes) is 1. The van der Waals surface area contributed by atoms with Crippen LogP contribution in [-0.4, -0.2) is 72.0 Å². The van der Waals surface area contributed by atoms with Crippen LogP contribution in [0.3, 0.4) is 0 Å². The summed E-state index contributed by atoms with van der Waals surface area (Å²) in [6.07, 6.45) is 2.24. The van der Waals surface area contributed by atoms with E-state index in [0.29, 0.717) is 25.8 Å². The summed E-state index contributed by atoms with van der Waals surface area (Å²) >= 11 is 0. The number of rotatable bonds is 18. The Morgan fingerprint density at radius 3 is 1.83 bits per heavy atom. The number of nitrogens with zero attached hydrogens (tertiary/aromatic N) is 1. The second kappa shape index (κ2) is 17.5. The van der Waals surface area contributed by atoms with Crippen LogP contribution in [0.15, 0.2) is 4.99 Å². The van der Waals surface area contributed by atoms with Crippen LogP contribution in [0, 0.1) is 11.8 Å². The molecule has 0 aromatic rings. The van der Waals surface area contributed by atoms with Crippen molar-refractivity contribution in [1.82, 2.24) is 16.0 Å². The zero-order valence-corrected chi connectivity index (χ0v) is 22.0. The summed E-state index contributed by atoms with van der Waals surface area (Å²) in [5.41, 5.74) is 22.1. The molecule has 0 saturated carbocycles. The zero-order chi connectivity index (χ0) is 27.8. The van der Waals surface area contributed by atoms with Crippen LogP contribution >= 0.6 is 0 Å². The molecule has 0 rings (SSSR count). The minimum atomic E-state index is -1.16. The standard InChI is InChI=1S/C23H46N8O5/c1-13(2)12-17(20(33)30-16(22(35)36)8-5-6-10-24)31-19(32)15(9-7-11-28-23(26)27)29-21(34)18(25)14(3)4/h13-18H,5-12,24-25H2,1-4H3,(H,29,34)(H,30,33)(H,31,32)(H,35,36)(H4,26,27,28). The number of aliphatic imine (C=N–C) groups is 1. The van der Waals surface area contributed by atoms with Crippen LogP contribution in [-0.2, 0) is 19.2 Å². The van der Waals surface area contributed by atoms with Gasteiger partial charge >= 0.3 is 5.97 Å². The number of hydrogen-bond donors (Lipinski definition) is 8. The van der Waals surface area contributed by atoms with Crippen LogP contribution in [0.4, 0.5) is 0 Å². The molecule has 0 radical (unpaired) electrons. The minimum Gasteiger partial charge on any atom is -0.480 e. The fraction of sp³-hybridized carbons (Fsp3) is 0.783. The molecule has 13 nitrogen and oxygen atoms in total. The largest absolute Gasteiger partial charge is 0.480 e. The second-order valence-electron chi connectivity index (χ2n) is 9.65. The molecule has 0 aromatic carbocycles. The van der Waals surface area contributed by atoms with Gasteiger partial charge in [0.1, 0.15) is 18.1 Å². The predicted molar refractivity (Wildman–Crippen MR) is 139 cm³/mol. The summed E-state index contributed by atoms with van der Waals surface area (Å²) in [5.74, 6) is -3.07. The van der Waals surface area contributed by atoms with Crippen molar-refractivity contribution < 1.29 is 24.3 Å². The summed E-state index contributed by atoms with van der Waals surface area (Å²) in [6.45, 7) is 7.98. The second-order valence-corrected chi connectivity index (χ2v) is 9.65. The Balaban J connectivity index is 5.56. The Morgan fingerprint density at radius 1 is 0.806 bits per heavy atom. The van der Waals surface area contributed by atoms with Crippen LogP contribution in [0.5, 0.6) is 0 Å². The number of amides is 3. The van der Waals surface area contributed by atoms with Crippen molar-refractivity contribution in [3.63, 3.8) is 0 Å². The van der Waals surface area contributed by atoms with E-state index in [0.717, 1.165) is 0 Å². The number of nitrogens with two attached hydrogens (primary N) is 4. The first-order valence-electron chi connectivity index (χ1n) is 12.4. The molecule has 0 aliphatic carbocycles. The lowest BCUT2D eigenvalue weighted by molar-refractivity contribution is -0.142. The average molecular weight is 515 g/mol. The molecule has 4 atom stereocenters. The number of hydrogen-bond acceptors (Lipinski definition) is 7. The molecular formula is C23H46N8O5. The smallest absolute Gasteiger partial charge is 0.326 e. The van der Waals surface area contributed by atoms with Gasteiger partial charge in [-0.15, -0.1) is 0 Å². The van der Waals surface area contributed by atoms with Gasteiger partial charge in [-0.2, -0.15) is 0 Å². The topological polar surface area (TPSA) is 241 Å². The Kier molecular flexibility index (Phi) is 16.1. The molecule has 208 valence electrons. The lowest BCUT2D eigenvalue weighted by Gasteiger charge is -2.26. The summed E-state index contributed by atoms with van der Waals surface area (Å²) < 4.78 is 0. The van der Waals surface area contributed by atoms with Crippen molar-refractivity contribution in [3.05, 3.63) is 0 Å². The highest BCUT2D eigenvalue weighted by Gasteiger charge is 2.30. The number of nitrogens with one attached hydrogen (secondary N) is 3. The number of carbonyl (C=O) groups excluding carboxylic acids is 3. The van der Waals surface area contributed by atoms with E-state index in [4.69, 9.17) is 22.9 Å². The fourth-order valence-electron chi connectivity index (χ4n) is 3.34. The number of carboxylic acid groups (broad SMARTS) is 1. The van der Waals surface area contributed by atoms with Gasteiger partial charge in [0.15, 0.2) is 5.96 Å². The zero-order valence-electron chi connectivity index (χ0n) is 22.0. The van der Waals surface area contributed by atoms with E-state index < -0.39 is 47.9 Å². The van der Waals surface area contributed by atoms with E-state index in [-0.39, 0.29) is 43.6 Å². The van der Waals surface area contributed by atoms with Gasteiger partial charge in [-0.25, -0.2) is 4.79 Å². The molecule has 36 heavy (non-hydrogen) atoms. The summed E-state index contributed by atoms with van der Waals surface area (Å²) in [6, 6.07) is -3.91. The van der Waals surface area contributed by atoms with Gasteiger partial charge in [-0.3, -0.25) is 19.4 Å². The van der Waals surface area contributed by atoms with Gasteiger partial charge in [0.2, 0.25) is 17.7 Å². The minimum absolute atomic E-state index is 0.0193. The fourth-order valence-corrected chi connectivity index (χ4v) is 3.34. The van der Waals surface area contributed by atoms with Crippen molar-refractivity contribution in [1.29, 1.82) is 0 Å². The van der Waals surface area contributed by atoms with Crippen LogP contribution < -0.4 is 38.9 Å². The van der Waals surface area contributed by atoms with Crippen LogP contribution in [0.2, 0.25) is 0 Å². The monoisotopic (exact) mass is 514 g/mol. The van der Waals surface area contributed by atoms with Gasteiger partial charge in [0.05, 0.1) is 6.04 Å². The maximum atomic E-state index is 13.2. The summed E-state index contributed by atoms with van der Waals surface area (Å²) in [5, 5.41) is 17.3. The van der Waals surface area contributed by atoms with Crippen molar-refractivity contribution in [2.75, 3.05) is 13.1 Å². The number of guanidine groups is 1. The first-order valence-corrected chi connectivity index (χ1v) is 12.4. The van der Waals surface area contributed by atoms with Gasteiger partial charge in [-0.05, 0) is 56.9 Å². The molecule has 0 aromatic heterocycles. The molecule has 0 aliphatic rings. The van der Waals surface area contributed by atoms with E-state index in [1.807, 2.05) is 13.8 Å². The van der Waals surface area contributed by atoms with Crippen molar-refractivity contribution in [2.45, 2.75) is 90.4 Å². The Hall–Kier alpha value is -2.93. The number of carboxylic acids is 1. The summed E-state index contributed by atoms with van der Waals surface area (Å²) in [4.78, 5) is 54.2. The lowest BCUT2D eigenvalue weighted by atomic mass is 10.0. The van der Waals surface area contributed by atoms with E-state index in [9.17, 15) is 24.3 Å². The van der Waals surface area contributed by atoms with Crippen molar-refractivity contribution in [3.8, 4) is 0 Å². The van der Waals surface area contributed by atoms with Crippen LogP contribution in [0.25, 0.3) is 0 Å². The van der Waals surface area contributed by atoms with Crippen LogP contribution in [0.1, 0.15) is 66.2 Å². The molecule has 0 fully saturated rings. The highest BCUT2D eigenvalue weighted by molar-refractivity contribution is 5.94. The quantitative estimate of drug-likeness (QED) is 0.0617. The van der Waals surface area contributed by atoms with Gasteiger partial charge in [-0.1, -0.05) is 27.7 Å². The van der Waals surface area contributed by atoms with Gasteiger partial charge in [0, 0.05) is 6.54 Å². The molecule has 0 bridgehead atoms. The maximum absolute atomic E-state index is 13.2. The summed E-state index contributed by atoms with van der Waals surface area (Å²) in [7, 11) is 0. The lowest BCUT2D eigenvalue weighted by Crippen LogP contribution is -2.57. The third-order valence-electron chi connectivity index (χ3n) is 5.50. The third kappa shape index (κ3) is 13.8. The normalized spacial score (nSPS) is 14.4. The van der Waals surface area contributed by atoms with E-state index in [1.165, 1.54) is 0 Å². The average Bonchev–Trinajstić information content (AvgIpc) is 2.78. The van der Waals surface area contributed by atoms with Crippen molar-refractivity contribution in [2.24, 2.45) is 39.8 Å². The Bertz CT molecular complexity index is 740. The van der Waals surface area contributed by atoms with Crippen molar-refractivity contribution >= 4 is 29.7 Å². The van der Waals surface area contributed by atoms with E-state index in [1.54, 1.807) is 13.8 Å². The molecule has 0 saturated heterocycles. The Labute approximate surface area is 213 Å². The molecule has 13 heteroatoms. The Morgan fingerprint density at radius 2 is 1.33 bits per heavy atom. The highest BCUT2D eigenvalue weighted by Crippen LogP contribution is 2.09. The highest BCUT2D eigenvalue weighted by atomic mass is 16.4. The SMILES string of the molecule is CC(C)CC(NC(=O)C(CCCN=C(N)N)NC(=O)C(N)C(C)C)C(=O)NC(CCCCN)C(=O)O. The van der Waals surface area contributed by atoms with Gasteiger partial charge < -0.3 is 44.0 Å². The van der Waals surface area contributed by atoms with E-state index in [2.05, 4.69) is 20.9 Å². The van der Waals surface area contributed by atoms with Gasteiger partial charge in [0.25, 0.3) is 0 Å². The molecule has 0 heterocycles. The number of aliphatic carboxylic acids is 1. The molecular weight excluding hydrogens is 468 g/mol. The first kappa shape index (κ1) is 33.1. The molecule has 3 amide bonds. The van der Waals surface area contributed by atoms with E-state index >= 15 is 0 Å². The maximum Gasteiger partial charge on any atom is 0.326 e. The molecule has 4 unspecified atom stereocenters. The molecule has 12 N–H and O–H groups in total.